The average Bonchev–Trinajstić information content (AvgIpc) is 1.97. The molecule has 0 aliphatic rings. The van der Waals surface area contributed by atoms with Crippen molar-refractivity contribution in [2.75, 3.05) is 11.5 Å². The van der Waals surface area contributed by atoms with Crippen LogP contribution in [0.4, 0.5) is 13.2 Å². The minimum Gasteiger partial charge on any atom is -0.481 e. The molecule has 8 heteroatoms. The van der Waals surface area contributed by atoms with Gasteiger partial charge in [0.2, 0.25) is 0 Å². The summed E-state index contributed by atoms with van der Waals surface area (Å²) < 4.78 is 58.2. The standard InChI is InChI=1S/C9H15F3O4S/c1-8(2,7(13)14)6-17(15,16)5-3-4-9(10,11)12/h3-6H2,1-2H3,(H,13,14). The van der Waals surface area contributed by atoms with Gasteiger partial charge in [-0.15, -0.1) is 0 Å². The molecule has 0 aliphatic heterocycles. The number of carbonyl (C=O) groups is 1. The van der Waals surface area contributed by atoms with Gasteiger partial charge in [-0.1, -0.05) is 0 Å². The van der Waals surface area contributed by atoms with E-state index in [1.54, 1.807) is 0 Å². The van der Waals surface area contributed by atoms with E-state index in [-0.39, 0.29) is 0 Å². The Kier molecular flexibility index (Phi) is 5.00. The molecular formula is C9H15F3O4S. The second-order valence-corrected chi connectivity index (χ2v) is 6.68. The van der Waals surface area contributed by atoms with Gasteiger partial charge in [-0.25, -0.2) is 8.42 Å². The number of sulfone groups is 1. The number of alkyl halides is 3. The number of aliphatic carboxylic acids is 1. The maximum Gasteiger partial charge on any atom is 0.389 e. The first-order valence-electron chi connectivity index (χ1n) is 4.86. The summed E-state index contributed by atoms with van der Waals surface area (Å²) in [7, 11) is -3.79. The van der Waals surface area contributed by atoms with Crippen LogP contribution in [0.25, 0.3) is 0 Å². The van der Waals surface area contributed by atoms with Crippen LogP contribution in [0.2, 0.25) is 0 Å². The van der Waals surface area contributed by atoms with Crippen molar-refractivity contribution in [3.8, 4) is 0 Å². The summed E-state index contributed by atoms with van der Waals surface area (Å²) in [5, 5.41) is 8.71. The molecule has 0 amide bonds. The van der Waals surface area contributed by atoms with E-state index in [0.717, 1.165) is 0 Å². The molecule has 0 fully saturated rings. The zero-order chi connectivity index (χ0) is 13.9. The van der Waals surface area contributed by atoms with Crippen LogP contribution in [0.15, 0.2) is 0 Å². The van der Waals surface area contributed by atoms with Gasteiger partial charge in [0, 0.05) is 6.42 Å². The third-order valence-corrected chi connectivity index (χ3v) is 4.15. The molecule has 0 spiro atoms. The predicted molar refractivity (Wildman–Crippen MR) is 55.4 cm³/mol. The fourth-order valence-electron chi connectivity index (χ4n) is 1.18. The van der Waals surface area contributed by atoms with Crippen molar-refractivity contribution in [3.63, 3.8) is 0 Å². The first-order chi connectivity index (χ1) is 7.36. The zero-order valence-corrected chi connectivity index (χ0v) is 10.4. The van der Waals surface area contributed by atoms with Gasteiger partial charge in [0.25, 0.3) is 0 Å². The lowest BCUT2D eigenvalue weighted by Crippen LogP contribution is -2.33. The fourth-order valence-corrected chi connectivity index (χ4v) is 3.13. The number of hydrogen-bond donors (Lipinski definition) is 1. The van der Waals surface area contributed by atoms with Crippen molar-refractivity contribution in [2.45, 2.75) is 32.9 Å². The lowest BCUT2D eigenvalue weighted by molar-refractivity contribution is -0.145. The summed E-state index contributed by atoms with van der Waals surface area (Å²) in [5.41, 5.74) is -1.49. The number of carboxylic acids is 1. The van der Waals surface area contributed by atoms with Gasteiger partial charge < -0.3 is 5.11 Å². The van der Waals surface area contributed by atoms with Gasteiger partial charge in [-0.05, 0) is 20.3 Å². The van der Waals surface area contributed by atoms with Gasteiger partial charge in [-0.3, -0.25) is 4.79 Å². The summed E-state index contributed by atoms with van der Waals surface area (Å²) in [6, 6.07) is 0. The van der Waals surface area contributed by atoms with Crippen molar-refractivity contribution in [3.05, 3.63) is 0 Å². The van der Waals surface area contributed by atoms with Crippen molar-refractivity contribution in [2.24, 2.45) is 5.41 Å². The van der Waals surface area contributed by atoms with Crippen molar-refractivity contribution >= 4 is 15.8 Å². The molecule has 0 aromatic rings. The molecule has 1 N–H and O–H groups in total. The monoisotopic (exact) mass is 276 g/mol. The Balaban J connectivity index is 4.37. The van der Waals surface area contributed by atoms with Crippen molar-refractivity contribution < 1.29 is 31.5 Å². The Morgan fingerprint density at radius 2 is 1.71 bits per heavy atom. The van der Waals surface area contributed by atoms with E-state index >= 15 is 0 Å². The van der Waals surface area contributed by atoms with Crippen LogP contribution in [-0.4, -0.2) is 37.2 Å². The Morgan fingerprint density at radius 3 is 2.06 bits per heavy atom. The SMILES string of the molecule is CC(C)(CS(=O)(=O)CCCC(F)(F)F)C(=O)O. The Bertz CT molecular complexity index is 370. The van der Waals surface area contributed by atoms with E-state index in [4.69, 9.17) is 5.11 Å². The van der Waals surface area contributed by atoms with Crippen LogP contribution >= 0.6 is 0 Å². The quantitative estimate of drug-likeness (QED) is 0.803. The molecule has 0 heterocycles. The van der Waals surface area contributed by atoms with Crippen LogP contribution in [0, 0.1) is 5.41 Å². The topological polar surface area (TPSA) is 71.4 Å². The molecule has 0 saturated carbocycles. The molecule has 17 heavy (non-hydrogen) atoms. The minimum atomic E-state index is -4.39. The zero-order valence-electron chi connectivity index (χ0n) is 9.54. The Labute approximate surface area is 97.7 Å². The molecule has 4 nitrogen and oxygen atoms in total. The van der Waals surface area contributed by atoms with Gasteiger partial charge in [-0.2, -0.15) is 13.2 Å². The van der Waals surface area contributed by atoms with E-state index in [1.807, 2.05) is 0 Å². The van der Waals surface area contributed by atoms with Crippen LogP contribution in [0.3, 0.4) is 0 Å². The molecule has 0 bridgehead atoms. The number of rotatable bonds is 6. The Morgan fingerprint density at radius 1 is 1.24 bits per heavy atom. The maximum atomic E-state index is 11.8. The first-order valence-corrected chi connectivity index (χ1v) is 6.68. The molecule has 102 valence electrons. The van der Waals surface area contributed by atoms with Crippen LogP contribution < -0.4 is 0 Å². The highest BCUT2D eigenvalue weighted by Gasteiger charge is 2.34. The average molecular weight is 276 g/mol. The maximum absolute atomic E-state index is 11.8. The second kappa shape index (κ2) is 5.24. The van der Waals surface area contributed by atoms with E-state index in [2.05, 4.69) is 0 Å². The van der Waals surface area contributed by atoms with Crippen LogP contribution in [0.1, 0.15) is 26.7 Å². The lowest BCUT2D eigenvalue weighted by Gasteiger charge is -2.18. The van der Waals surface area contributed by atoms with Crippen molar-refractivity contribution in [1.82, 2.24) is 0 Å². The van der Waals surface area contributed by atoms with E-state index in [1.165, 1.54) is 13.8 Å². The highest BCUT2D eigenvalue weighted by Crippen LogP contribution is 2.23. The van der Waals surface area contributed by atoms with Crippen LogP contribution in [0.5, 0.6) is 0 Å². The summed E-state index contributed by atoms with van der Waals surface area (Å²) in [6.45, 7) is 2.44. The summed E-state index contributed by atoms with van der Waals surface area (Å²) in [4.78, 5) is 10.7. The highest BCUT2D eigenvalue weighted by molar-refractivity contribution is 7.91. The molecule has 0 unspecified atom stereocenters. The van der Waals surface area contributed by atoms with E-state index < -0.39 is 51.7 Å². The third kappa shape index (κ3) is 7.19. The van der Waals surface area contributed by atoms with Gasteiger partial charge in [0.15, 0.2) is 9.84 Å². The lowest BCUT2D eigenvalue weighted by atomic mass is 9.97. The minimum absolute atomic E-state index is 0.540. The fraction of sp³-hybridized carbons (Fsp3) is 0.889. The number of hydrogen-bond acceptors (Lipinski definition) is 3. The second-order valence-electron chi connectivity index (χ2n) is 4.50. The highest BCUT2D eigenvalue weighted by atomic mass is 32.2. The van der Waals surface area contributed by atoms with Crippen molar-refractivity contribution in [1.29, 1.82) is 0 Å². The molecule has 0 rings (SSSR count). The molecule has 0 atom stereocenters. The molecule has 0 saturated heterocycles. The van der Waals surface area contributed by atoms with Gasteiger partial charge in [0.05, 0.1) is 16.9 Å². The van der Waals surface area contributed by atoms with E-state index in [0.29, 0.717) is 0 Å². The molecule has 0 aliphatic carbocycles. The predicted octanol–water partition coefficient (Wildman–Crippen LogP) is 1.85. The number of carboxylic acid groups (broad SMARTS) is 1. The number of halogens is 3. The third-order valence-electron chi connectivity index (χ3n) is 2.08. The first kappa shape index (κ1) is 16.2. The molecule has 0 radical (unpaired) electrons. The van der Waals surface area contributed by atoms with Gasteiger partial charge >= 0.3 is 12.1 Å². The molecular weight excluding hydrogens is 261 g/mol. The summed E-state index contributed by atoms with van der Waals surface area (Å²) in [6.07, 6.45) is -6.11. The van der Waals surface area contributed by atoms with Gasteiger partial charge in [0.1, 0.15) is 0 Å². The molecule has 0 aromatic carbocycles. The smallest absolute Gasteiger partial charge is 0.389 e. The normalized spacial score (nSPS) is 13.7. The summed E-state index contributed by atoms with van der Waals surface area (Å²) in [5.74, 6) is -2.60. The molecule has 0 aromatic heterocycles. The van der Waals surface area contributed by atoms with Crippen LogP contribution in [-0.2, 0) is 14.6 Å². The Hall–Kier alpha value is -0.790. The summed E-state index contributed by atoms with van der Waals surface area (Å²) >= 11 is 0. The largest absolute Gasteiger partial charge is 0.481 e. The van der Waals surface area contributed by atoms with E-state index in [9.17, 15) is 26.4 Å².